The van der Waals surface area contributed by atoms with E-state index in [1.165, 1.54) is 41.4 Å². The van der Waals surface area contributed by atoms with Gasteiger partial charge in [0.05, 0.1) is 51.0 Å². The molecule has 13 nitrogen and oxygen atoms in total. The standard InChI is InChI=1S/C25H24N6O7S/c1-27-19-11-15(18(31(36)37)13-20(19)28(2)24(27)34)12-21-23(33)30(25(35)39-21)14-22(32)26-16-5-3-4-6-17(16)29-7-9-38-10-8-29/h3-6,11-13H,7-10,14H2,1-2H3,(H,26,32)/b21-12-. The number of benzene rings is 2. The Morgan fingerprint density at radius 1 is 1.10 bits per heavy atom. The number of amides is 3. The number of imide groups is 1. The number of nitrogens with zero attached hydrogens (tertiary/aromatic N) is 5. The van der Waals surface area contributed by atoms with E-state index in [9.17, 15) is 29.3 Å². The van der Waals surface area contributed by atoms with Crippen molar-refractivity contribution in [2.24, 2.45) is 14.1 Å². The zero-order valence-corrected chi connectivity index (χ0v) is 21.9. The van der Waals surface area contributed by atoms with Crippen LogP contribution in [0, 0.1) is 10.1 Å². The number of carbonyl (C=O) groups is 3. The molecule has 0 atom stereocenters. The molecule has 2 saturated heterocycles. The summed E-state index contributed by atoms with van der Waals surface area (Å²) < 4.78 is 8.01. The Hall–Kier alpha value is -4.43. The molecule has 1 N–H and O–H groups in total. The van der Waals surface area contributed by atoms with Crippen LogP contribution < -0.4 is 15.9 Å². The third-order valence-corrected chi connectivity index (χ3v) is 7.52. The van der Waals surface area contributed by atoms with Crippen molar-refractivity contribution < 1.29 is 24.0 Å². The minimum Gasteiger partial charge on any atom is -0.378 e. The second-order valence-corrected chi connectivity index (χ2v) is 9.98. The van der Waals surface area contributed by atoms with E-state index in [4.69, 9.17) is 4.74 Å². The number of nitro groups is 1. The molecule has 39 heavy (non-hydrogen) atoms. The van der Waals surface area contributed by atoms with Crippen molar-refractivity contribution in [2.75, 3.05) is 43.1 Å². The van der Waals surface area contributed by atoms with E-state index in [1.54, 1.807) is 12.1 Å². The van der Waals surface area contributed by atoms with Crippen molar-refractivity contribution in [1.29, 1.82) is 0 Å². The van der Waals surface area contributed by atoms with Gasteiger partial charge in [-0.15, -0.1) is 0 Å². The van der Waals surface area contributed by atoms with E-state index < -0.39 is 28.5 Å². The molecule has 0 radical (unpaired) electrons. The molecule has 2 fully saturated rings. The lowest BCUT2D eigenvalue weighted by atomic mass is 10.1. The van der Waals surface area contributed by atoms with Gasteiger partial charge in [0.1, 0.15) is 6.54 Å². The summed E-state index contributed by atoms with van der Waals surface area (Å²) in [6.45, 7) is 1.94. The van der Waals surface area contributed by atoms with Gasteiger partial charge in [-0.25, -0.2) is 4.79 Å². The summed E-state index contributed by atoms with van der Waals surface area (Å²) >= 11 is 0.589. The Kier molecular flexibility index (Phi) is 6.97. The summed E-state index contributed by atoms with van der Waals surface area (Å²) in [5.41, 5.74) is 1.50. The van der Waals surface area contributed by atoms with E-state index in [1.807, 2.05) is 12.1 Å². The molecule has 5 rings (SSSR count). The Labute approximate surface area is 225 Å². The molecule has 1 aromatic heterocycles. The van der Waals surface area contributed by atoms with Gasteiger partial charge >= 0.3 is 5.69 Å². The van der Waals surface area contributed by atoms with Crippen LogP contribution in [0.4, 0.5) is 21.9 Å². The molecular formula is C25H24N6O7S. The topological polar surface area (TPSA) is 149 Å². The first-order valence-electron chi connectivity index (χ1n) is 12.0. The highest BCUT2D eigenvalue weighted by Gasteiger charge is 2.37. The second kappa shape index (κ2) is 10.4. The number of anilines is 2. The first kappa shape index (κ1) is 26.2. The Morgan fingerprint density at radius 3 is 2.46 bits per heavy atom. The van der Waals surface area contributed by atoms with Gasteiger partial charge in [0, 0.05) is 33.3 Å². The van der Waals surface area contributed by atoms with Crippen molar-refractivity contribution in [3.63, 3.8) is 0 Å². The van der Waals surface area contributed by atoms with Crippen LogP contribution in [0.25, 0.3) is 17.1 Å². The van der Waals surface area contributed by atoms with Crippen molar-refractivity contribution in [3.05, 3.63) is 67.5 Å². The van der Waals surface area contributed by atoms with E-state index in [-0.39, 0.29) is 21.8 Å². The summed E-state index contributed by atoms with van der Waals surface area (Å²) in [6, 6.07) is 9.92. The van der Waals surface area contributed by atoms with Gasteiger partial charge in [-0.05, 0) is 36.0 Å². The minimum absolute atomic E-state index is 0.0584. The van der Waals surface area contributed by atoms with Gasteiger partial charge in [0.25, 0.3) is 16.8 Å². The Bertz CT molecular complexity index is 1620. The first-order valence-corrected chi connectivity index (χ1v) is 12.8. The number of para-hydroxylation sites is 2. The lowest BCUT2D eigenvalue weighted by molar-refractivity contribution is -0.385. The molecule has 3 heterocycles. The zero-order chi connectivity index (χ0) is 27.8. The summed E-state index contributed by atoms with van der Waals surface area (Å²) in [7, 11) is 3.04. The van der Waals surface area contributed by atoms with Crippen LogP contribution in [0.1, 0.15) is 5.56 Å². The number of hydrogen-bond acceptors (Lipinski definition) is 9. The number of nitro benzene ring substituents is 1. The number of imidazole rings is 1. The molecule has 0 bridgehead atoms. The fourth-order valence-corrected chi connectivity index (χ4v) is 5.42. The van der Waals surface area contributed by atoms with E-state index >= 15 is 0 Å². The van der Waals surface area contributed by atoms with Crippen LogP contribution in [0.3, 0.4) is 0 Å². The van der Waals surface area contributed by atoms with Gasteiger partial charge in [0.15, 0.2) is 0 Å². The molecule has 0 unspecified atom stereocenters. The molecule has 0 aliphatic carbocycles. The molecular weight excluding hydrogens is 528 g/mol. The highest BCUT2D eigenvalue weighted by molar-refractivity contribution is 8.18. The normalized spacial score (nSPS) is 16.9. The number of aromatic nitrogens is 2. The number of hydrogen-bond donors (Lipinski definition) is 1. The number of ether oxygens (including phenoxy) is 1. The molecule has 2 aliphatic rings. The van der Waals surface area contributed by atoms with Gasteiger partial charge in [-0.1, -0.05) is 12.1 Å². The molecule has 3 amide bonds. The fraction of sp³-hybridized carbons (Fsp3) is 0.280. The van der Waals surface area contributed by atoms with Crippen molar-refractivity contribution in [2.45, 2.75) is 0 Å². The van der Waals surface area contributed by atoms with Crippen LogP contribution in [-0.4, -0.2) is 68.9 Å². The third kappa shape index (κ3) is 4.91. The SMILES string of the molecule is Cn1c(=O)n(C)c2cc([N+](=O)[O-])c(/C=C3\SC(=O)N(CC(=O)Nc4ccccc4N4CCOCC4)C3=O)cc21. The number of nitrogens with one attached hydrogen (secondary N) is 1. The Balaban J connectivity index is 1.38. The molecule has 0 saturated carbocycles. The number of carbonyl (C=O) groups excluding carboxylic acids is 3. The van der Waals surface area contributed by atoms with Crippen LogP contribution in [0.2, 0.25) is 0 Å². The van der Waals surface area contributed by atoms with E-state index in [0.717, 1.165) is 10.6 Å². The fourth-order valence-electron chi connectivity index (χ4n) is 4.59. The number of morpholine rings is 1. The number of fused-ring (bicyclic) bond motifs is 1. The summed E-state index contributed by atoms with van der Waals surface area (Å²) in [6.07, 6.45) is 1.24. The second-order valence-electron chi connectivity index (χ2n) is 8.99. The maximum atomic E-state index is 13.1. The van der Waals surface area contributed by atoms with Gasteiger partial charge < -0.3 is 15.0 Å². The molecule has 0 spiro atoms. The van der Waals surface area contributed by atoms with Crippen molar-refractivity contribution in [1.82, 2.24) is 14.0 Å². The molecule has 202 valence electrons. The molecule has 2 aromatic carbocycles. The third-order valence-electron chi connectivity index (χ3n) is 6.61. The molecule has 3 aromatic rings. The van der Waals surface area contributed by atoms with E-state index in [0.29, 0.717) is 54.8 Å². The monoisotopic (exact) mass is 552 g/mol. The summed E-state index contributed by atoms with van der Waals surface area (Å²) in [4.78, 5) is 64.9. The van der Waals surface area contributed by atoms with Crippen LogP contribution >= 0.6 is 11.8 Å². The van der Waals surface area contributed by atoms with Crippen LogP contribution in [0.5, 0.6) is 0 Å². The highest BCUT2D eigenvalue weighted by atomic mass is 32.2. The van der Waals surface area contributed by atoms with Gasteiger partial charge in [0.2, 0.25) is 5.91 Å². The Morgan fingerprint density at radius 2 is 1.77 bits per heavy atom. The smallest absolute Gasteiger partial charge is 0.328 e. The summed E-state index contributed by atoms with van der Waals surface area (Å²) in [5.74, 6) is -1.30. The van der Waals surface area contributed by atoms with Crippen molar-refractivity contribution >= 4 is 63.0 Å². The minimum atomic E-state index is -0.738. The molecule has 2 aliphatic heterocycles. The molecule has 14 heteroatoms. The first-order chi connectivity index (χ1) is 18.7. The highest BCUT2D eigenvalue weighted by Crippen LogP contribution is 2.35. The number of aryl methyl sites for hydroxylation is 2. The number of rotatable bonds is 6. The van der Waals surface area contributed by atoms with Gasteiger partial charge in [-0.2, -0.15) is 0 Å². The van der Waals surface area contributed by atoms with Crippen LogP contribution in [-0.2, 0) is 28.4 Å². The predicted octanol–water partition coefficient (Wildman–Crippen LogP) is 2.30. The lowest BCUT2D eigenvalue weighted by Crippen LogP contribution is -2.38. The maximum Gasteiger partial charge on any atom is 0.328 e. The lowest BCUT2D eigenvalue weighted by Gasteiger charge is -2.30. The maximum absolute atomic E-state index is 13.1. The predicted molar refractivity (Wildman–Crippen MR) is 146 cm³/mol. The average molecular weight is 553 g/mol. The van der Waals surface area contributed by atoms with E-state index in [2.05, 4.69) is 10.2 Å². The van der Waals surface area contributed by atoms with Crippen molar-refractivity contribution in [3.8, 4) is 0 Å². The van der Waals surface area contributed by atoms with Crippen LogP contribution in [0.15, 0.2) is 46.1 Å². The van der Waals surface area contributed by atoms with Gasteiger partial charge in [-0.3, -0.25) is 38.5 Å². The zero-order valence-electron chi connectivity index (χ0n) is 21.1. The quantitative estimate of drug-likeness (QED) is 0.276. The summed E-state index contributed by atoms with van der Waals surface area (Å²) in [5, 5.41) is 13.9. The average Bonchev–Trinajstić information content (AvgIpc) is 3.30. The number of thioether (sulfide) groups is 1. The largest absolute Gasteiger partial charge is 0.378 e.